The first-order valence-corrected chi connectivity index (χ1v) is 6.37. The lowest BCUT2D eigenvalue weighted by Gasteiger charge is -2.13. The molecule has 5 unspecified atom stereocenters. The highest BCUT2D eigenvalue weighted by Crippen LogP contribution is 2.65. The number of hydrogen-bond acceptors (Lipinski definition) is 2. The van der Waals surface area contributed by atoms with E-state index in [1.807, 2.05) is 0 Å². The maximum atomic E-state index is 11.6. The van der Waals surface area contributed by atoms with Gasteiger partial charge >= 0.3 is 12.0 Å². The number of fused-ring (bicyclic) bond motifs is 5. The number of urea groups is 1. The molecule has 0 spiro atoms. The van der Waals surface area contributed by atoms with Crippen LogP contribution in [-0.2, 0) is 4.79 Å². The minimum Gasteiger partial charge on any atom is -0.480 e. The van der Waals surface area contributed by atoms with Crippen LogP contribution >= 0.6 is 0 Å². The van der Waals surface area contributed by atoms with Crippen LogP contribution in [0.25, 0.3) is 0 Å². The SMILES string of the molecule is CC(NC(=O)NC1C2C3CCC(C3)C12)C(=O)O. The van der Waals surface area contributed by atoms with Gasteiger partial charge in [-0.2, -0.15) is 0 Å². The Bertz CT molecular complexity index is 355. The summed E-state index contributed by atoms with van der Waals surface area (Å²) < 4.78 is 0. The molecule has 0 saturated heterocycles. The van der Waals surface area contributed by atoms with E-state index in [0.717, 1.165) is 11.8 Å². The van der Waals surface area contributed by atoms with Gasteiger partial charge in [-0.3, -0.25) is 4.79 Å². The average Bonchev–Trinajstić information content (AvgIpc) is 2.70. The molecule has 3 aliphatic rings. The molecular formula is C12H18N2O3. The number of nitrogens with one attached hydrogen (secondary N) is 2. The van der Waals surface area contributed by atoms with Crippen LogP contribution in [0.1, 0.15) is 26.2 Å². The van der Waals surface area contributed by atoms with Crippen molar-refractivity contribution in [3.8, 4) is 0 Å². The van der Waals surface area contributed by atoms with Crippen molar-refractivity contribution >= 4 is 12.0 Å². The Morgan fingerprint density at radius 1 is 1.24 bits per heavy atom. The quantitative estimate of drug-likeness (QED) is 0.680. The second kappa shape index (κ2) is 3.62. The van der Waals surface area contributed by atoms with Gasteiger partial charge in [0.15, 0.2) is 0 Å². The summed E-state index contributed by atoms with van der Waals surface area (Å²) in [6.07, 6.45) is 3.98. The van der Waals surface area contributed by atoms with Crippen molar-refractivity contribution in [3.63, 3.8) is 0 Å². The third-order valence-electron chi connectivity index (χ3n) is 4.75. The van der Waals surface area contributed by atoms with E-state index in [9.17, 15) is 9.59 Å². The number of carbonyl (C=O) groups excluding carboxylic acids is 1. The van der Waals surface area contributed by atoms with Crippen molar-refractivity contribution in [3.05, 3.63) is 0 Å². The zero-order valence-electron chi connectivity index (χ0n) is 9.85. The third-order valence-corrected chi connectivity index (χ3v) is 4.75. The molecule has 2 bridgehead atoms. The Kier molecular flexibility index (Phi) is 2.31. The van der Waals surface area contributed by atoms with Crippen LogP contribution in [0.15, 0.2) is 0 Å². The Hall–Kier alpha value is -1.26. The Balaban J connectivity index is 1.50. The monoisotopic (exact) mass is 238 g/mol. The Labute approximate surface area is 100.0 Å². The van der Waals surface area contributed by atoms with Gasteiger partial charge in [0, 0.05) is 6.04 Å². The van der Waals surface area contributed by atoms with E-state index in [2.05, 4.69) is 10.6 Å². The van der Waals surface area contributed by atoms with Crippen LogP contribution in [-0.4, -0.2) is 29.2 Å². The van der Waals surface area contributed by atoms with Crippen LogP contribution in [0, 0.1) is 23.7 Å². The Morgan fingerprint density at radius 2 is 1.82 bits per heavy atom. The van der Waals surface area contributed by atoms with E-state index in [1.165, 1.54) is 26.2 Å². The van der Waals surface area contributed by atoms with Crippen LogP contribution in [0.3, 0.4) is 0 Å². The number of carboxylic acids is 1. The highest BCUT2D eigenvalue weighted by atomic mass is 16.4. The number of amides is 2. The summed E-state index contributed by atoms with van der Waals surface area (Å²) in [5, 5.41) is 14.1. The summed E-state index contributed by atoms with van der Waals surface area (Å²) >= 11 is 0. The van der Waals surface area contributed by atoms with Gasteiger partial charge in [0.25, 0.3) is 0 Å². The zero-order valence-corrected chi connectivity index (χ0v) is 9.85. The van der Waals surface area contributed by atoms with Gasteiger partial charge in [0.1, 0.15) is 6.04 Å². The average molecular weight is 238 g/mol. The molecule has 0 radical (unpaired) electrons. The van der Waals surface area contributed by atoms with Crippen LogP contribution in [0.4, 0.5) is 4.79 Å². The highest BCUT2D eigenvalue weighted by molar-refractivity contribution is 5.82. The smallest absolute Gasteiger partial charge is 0.325 e. The standard InChI is InChI=1S/C12H18N2O3/c1-5(11(15)16)13-12(17)14-10-8-6-2-3-7(4-6)9(8)10/h5-10H,2-4H2,1H3,(H,15,16)(H2,13,14,17). The molecule has 2 amide bonds. The topological polar surface area (TPSA) is 78.4 Å². The summed E-state index contributed by atoms with van der Waals surface area (Å²) in [6.45, 7) is 1.47. The van der Waals surface area contributed by atoms with Crippen LogP contribution < -0.4 is 10.6 Å². The van der Waals surface area contributed by atoms with Crippen molar-refractivity contribution in [1.82, 2.24) is 10.6 Å². The molecule has 0 aromatic heterocycles. The number of carbonyl (C=O) groups is 2. The fraction of sp³-hybridized carbons (Fsp3) is 0.833. The molecule has 94 valence electrons. The molecule has 0 heterocycles. The second-order valence-electron chi connectivity index (χ2n) is 5.69. The molecule has 0 aliphatic heterocycles. The second-order valence-corrected chi connectivity index (χ2v) is 5.69. The highest BCUT2D eigenvalue weighted by Gasteiger charge is 2.65. The molecule has 3 aliphatic carbocycles. The molecule has 5 nitrogen and oxygen atoms in total. The third kappa shape index (κ3) is 1.68. The van der Waals surface area contributed by atoms with E-state index >= 15 is 0 Å². The van der Waals surface area contributed by atoms with Gasteiger partial charge in [0.05, 0.1) is 0 Å². The van der Waals surface area contributed by atoms with Crippen LogP contribution in [0.5, 0.6) is 0 Å². The summed E-state index contributed by atoms with van der Waals surface area (Å²) in [6, 6.07) is -0.855. The summed E-state index contributed by atoms with van der Waals surface area (Å²) in [4.78, 5) is 22.2. The fourth-order valence-electron chi connectivity index (χ4n) is 3.97. The minimum absolute atomic E-state index is 0.308. The predicted molar refractivity (Wildman–Crippen MR) is 60.4 cm³/mol. The van der Waals surface area contributed by atoms with E-state index < -0.39 is 12.0 Å². The molecule has 5 heteroatoms. The maximum absolute atomic E-state index is 11.6. The maximum Gasteiger partial charge on any atom is 0.325 e. The molecular weight excluding hydrogens is 220 g/mol. The van der Waals surface area contributed by atoms with Gasteiger partial charge in [-0.05, 0) is 49.9 Å². The van der Waals surface area contributed by atoms with Crippen molar-refractivity contribution in [1.29, 1.82) is 0 Å². The summed E-state index contributed by atoms with van der Waals surface area (Å²) in [5.74, 6) is 1.98. The van der Waals surface area contributed by atoms with Crippen LogP contribution in [0.2, 0.25) is 0 Å². The molecule has 5 atom stereocenters. The lowest BCUT2D eigenvalue weighted by Crippen LogP contribution is -2.46. The van der Waals surface area contributed by atoms with Crippen molar-refractivity contribution < 1.29 is 14.7 Å². The normalized spacial score (nSPS) is 42.8. The molecule has 3 N–H and O–H groups in total. The van der Waals surface area contributed by atoms with E-state index in [4.69, 9.17) is 5.11 Å². The van der Waals surface area contributed by atoms with E-state index in [1.54, 1.807) is 0 Å². The zero-order chi connectivity index (χ0) is 12.2. The molecule has 3 rings (SSSR count). The first-order valence-electron chi connectivity index (χ1n) is 6.37. The van der Waals surface area contributed by atoms with Crippen molar-refractivity contribution in [2.75, 3.05) is 0 Å². The lowest BCUT2D eigenvalue weighted by atomic mass is 10.0. The largest absolute Gasteiger partial charge is 0.480 e. The number of hydrogen-bond donors (Lipinski definition) is 3. The number of aliphatic carboxylic acids is 1. The summed E-state index contributed by atoms with van der Waals surface area (Å²) in [5.41, 5.74) is 0. The molecule has 17 heavy (non-hydrogen) atoms. The van der Waals surface area contributed by atoms with Gasteiger partial charge in [-0.1, -0.05) is 0 Å². The van der Waals surface area contributed by atoms with Gasteiger partial charge in [-0.25, -0.2) is 4.79 Å². The summed E-state index contributed by atoms with van der Waals surface area (Å²) in [7, 11) is 0. The van der Waals surface area contributed by atoms with Crippen molar-refractivity contribution in [2.45, 2.75) is 38.3 Å². The Morgan fingerprint density at radius 3 is 2.35 bits per heavy atom. The van der Waals surface area contributed by atoms with Crippen molar-refractivity contribution in [2.24, 2.45) is 23.7 Å². The first-order chi connectivity index (χ1) is 8.08. The van der Waals surface area contributed by atoms with Gasteiger partial charge in [-0.15, -0.1) is 0 Å². The molecule has 3 fully saturated rings. The predicted octanol–water partition coefficient (Wildman–Crippen LogP) is 0.803. The minimum atomic E-state index is -1.00. The molecule has 3 saturated carbocycles. The van der Waals surface area contributed by atoms with Gasteiger partial charge in [0.2, 0.25) is 0 Å². The molecule has 0 aromatic rings. The fourth-order valence-corrected chi connectivity index (χ4v) is 3.97. The first kappa shape index (κ1) is 10.9. The number of rotatable bonds is 3. The van der Waals surface area contributed by atoms with Gasteiger partial charge < -0.3 is 15.7 Å². The molecule has 0 aromatic carbocycles. The van der Waals surface area contributed by atoms with E-state index in [0.29, 0.717) is 17.9 Å². The number of carboxylic acid groups (broad SMARTS) is 1. The lowest BCUT2D eigenvalue weighted by molar-refractivity contribution is -0.138. The van der Waals surface area contributed by atoms with E-state index in [-0.39, 0.29) is 6.03 Å².